The summed E-state index contributed by atoms with van der Waals surface area (Å²) in [4.78, 5) is 13.0. The Balaban J connectivity index is 2.36. The Morgan fingerprint density at radius 3 is 2.33 bits per heavy atom. The Hall–Kier alpha value is -3.79. The van der Waals surface area contributed by atoms with Crippen molar-refractivity contribution in [1.82, 2.24) is 0 Å². The summed E-state index contributed by atoms with van der Waals surface area (Å²) < 4.78 is 5.38. The van der Waals surface area contributed by atoms with Crippen molar-refractivity contribution in [2.45, 2.75) is 13.8 Å². The zero-order chi connectivity index (χ0) is 21.5. The maximum Gasteiger partial charge on any atom is 0.339 e. The maximum absolute atomic E-state index is 13.0. The lowest BCUT2D eigenvalue weighted by molar-refractivity contribution is 0.0526. The first-order chi connectivity index (χ1) is 14.6. The number of ether oxygens (including phenoxy) is 1. The van der Waals surface area contributed by atoms with Crippen molar-refractivity contribution >= 4 is 23.4 Å². The van der Waals surface area contributed by atoms with Crippen LogP contribution < -0.4 is 5.32 Å². The molecule has 0 aliphatic heterocycles. The van der Waals surface area contributed by atoms with Gasteiger partial charge in [0.05, 0.1) is 17.9 Å². The van der Waals surface area contributed by atoms with Gasteiger partial charge in [0, 0.05) is 16.8 Å². The van der Waals surface area contributed by atoms with E-state index in [9.17, 15) is 9.90 Å². The molecule has 0 atom stereocenters. The largest absolute Gasteiger partial charge is 0.505 e. The van der Waals surface area contributed by atoms with E-state index in [0.29, 0.717) is 27.9 Å². The number of hydrogen-bond donors (Lipinski definition) is 2. The fourth-order valence-electron chi connectivity index (χ4n) is 3.39. The molecule has 0 saturated heterocycles. The van der Waals surface area contributed by atoms with Gasteiger partial charge in [-0.25, -0.2) is 4.79 Å². The van der Waals surface area contributed by atoms with Crippen LogP contribution in [0.15, 0.2) is 79.4 Å². The number of para-hydroxylation sites is 1. The minimum atomic E-state index is -0.432. The molecule has 3 rings (SSSR count). The van der Waals surface area contributed by atoms with E-state index in [1.54, 1.807) is 25.2 Å². The molecule has 0 unspecified atom stereocenters. The van der Waals surface area contributed by atoms with Gasteiger partial charge in [-0.1, -0.05) is 73.3 Å². The van der Waals surface area contributed by atoms with Crippen LogP contribution in [0.3, 0.4) is 0 Å². The molecule has 4 nitrogen and oxygen atoms in total. The van der Waals surface area contributed by atoms with Crippen molar-refractivity contribution in [3.05, 3.63) is 96.1 Å². The number of anilines is 2. The van der Waals surface area contributed by atoms with Gasteiger partial charge >= 0.3 is 5.97 Å². The zero-order valence-electron chi connectivity index (χ0n) is 17.2. The molecule has 0 aliphatic carbocycles. The number of aromatic hydroxyl groups is 1. The van der Waals surface area contributed by atoms with E-state index in [-0.39, 0.29) is 12.4 Å². The standard InChI is InChI=1S/C26H25NO3/c1-4-6-17-21-23(19-13-9-7-10-14-19)22(26(29)30-5-2)18(3)24(25(21)28)27-20-15-11-8-12-16-20/h4,6-17,27-28H,1,5H2,2-3H3/b17-6-. The SMILES string of the molecule is C=C/C=C\c1c(O)c(Nc2ccccc2)c(C)c(C(=O)OCC)c1-c1ccccc1. The Morgan fingerprint density at radius 2 is 1.73 bits per heavy atom. The molecule has 0 amide bonds. The van der Waals surface area contributed by atoms with Gasteiger partial charge in [-0.2, -0.15) is 0 Å². The minimum Gasteiger partial charge on any atom is -0.505 e. The second kappa shape index (κ2) is 9.61. The van der Waals surface area contributed by atoms with Crippen LogP contribution in [0.4, 0.5) is 11.4 Å². The minimum absolute atomic E-state index is 0.0568. The van der Waals surface area contributed by atoms with Crippen LogP contribution in [-0.4, -0.2) is 17.7 Å². The molecule has 0 radical (unpaired) electrons. The molecule has 0 aliphatic rings. The van der Waals surface area contributed by atoms with E-state index in [2.05, 4.69) is 11.9 Å². The Labute approximate surface area is 177 Å². The molecule has 0 saturated carbocycles. The third kappa shape index (κ3) is 4.28. The summed E-state index contributed by atoms with van der Waals surface area (Å²) in [6.07, 6.45) is 5.11. The smallest absolute Gasteiger partial charge is 0.339 e. The fourth-order valence-corrected chi connectivity index (χ4v) is 3.39. The third-order valence-electron chi connectivity index (χ3n) is 4.75. The number of carbonyl (C=O) groups is 1. The molecule has 3 aromatic rings. The molecule has 152 valence electrons. The van der Waals surface area contributed by atoms with Crippen LogP contribution in [0.2, 0.25) is 0 Å². The van der Waals surface area contributed by atoms with Gasteiger partial charge < -0.3 is 15.2 Å². The monoisotopic (exact) mass is 399 g/mol. The Kier molecular flexibility index (Phi) is 6.71. The average molecular weight is 399 g/mol. The van der Waals surface area contributed by atoms with Gasteiger partial charge in [0.15, 0.2) is 0 Å². The summed E-state index contributed by atoms with van der Waals surface area (Å²) in [6, 6.07) is 19.0. The molecule has 2 N–H and O–H groups in total. The average Bonchev–Trinajstić information content (AvgIpc) is 2.77. The first kappa shape index (κ1) is 20.9. The number of benzene rings is 3. The van der Waals surface area contributed by atoms with Crippen LogP contribution in [0, 0.1) is 6.92 Å². The highest BCUT2D eigenvalue weighted by atomic mass is 16.5. The highest BCUT2D eigenvalue weighted by Crippen LogP contribution is 2.44. The Bertz CT molecular complexity index is 1070. The van der Waals surface area contributed by atoms with E-state index in [1.165, 1.54) is 0 Å². The molecule has 0 aromatic heterocycles. The number of phenolic OH excluding ortho intramolecular Hbond substituents is 1. The van der Waals surface area contributed by atoms with Gasteiger partial charge in [0.2, 0.25) is 0 Å². The predicted octanol–water partition coefficient (Wildman–Crippen LogP) is 6.49. The number of phenols is 1. The summed E-state index contributed by atoms with van der Waals surface area (Å²) in [7, 11) is 0. The first-order valence-corrected chi connectivity index (χ1v) is 9.81. The van der Waals surface area contributed by atoms with Crippen molar-refractivity contribution in [3.8, 4) is 16.9 Å². The molecule has 0 fully saturated rings. The summed E-state index contributed by atoms with van der Waals surface area (Å²) in [5, 5.41) is 14.5. The van der Waals surface area contributed by atoms with E-state index in [4.69, 9.17) is 4.74 Å². The molecular weight excluding hydrogens is 374 g/mol. The zero-order valence-corrected chi connectivity index (χ0v) is 17.2. The number of rotatable bonds is 7. The van der Waals surface area contributed by atoms with Gasteiger partial charge in [-0.3, -0.25) is 0 Å². The highest BCUT2D eigenvalue weighted by Gasteiger charge is 2.26. The van der Waals surface area contributed by atoms with E-state index < -0.39 is 5.97 Å². The van der Waals surface area contributed by atoms with Crippen molar-refractivity contribution in [3.63, 3.8) is 0 Å². The van der Waals surface area contributed by atoms with Gasteiger partial charge in [0.25, 0.3) is 0 Å². The molecule has 4 heteroatoms. The lowest BCUT2D eigenvalue weighted by Crippen LogP contribution is -2.12. The second-order valence-corrected chi connectivity index (χ2v) is 6.68. The number of allylic oxidation sites excluding steroid dienone is 2. The van der Waals surface area contributed by atoms with Gasteiger partial charge in [0.1, 0.15) is 5.75 Å². The topological polar surface area (TPSA) is 58.6 Å². The molecule has 30 heavy (non-hydrogen) atoms. The molecular formula is C26H25NO3. The van der Waals surface area contributed by atoms with Crippen LogP contribution in [0.1, 0.15) is 28.4 Å². The molecule has 3 aromatic carbocycles. The summed E-state index contributed by atoms with van der Waals surface area (Å²) in [5.74, 6) is -0.375. The second-order valence-electron chi connectivity index (χ2n) is 6.68. The van der Waals surface area contributed by atoms with Crippen molar-refractivity contribution in [2.75, 3.05) is 11.9 Å². The summed E-state index contributed by atoms with van der Waals surface area (Å²) in [6.45, 7) is 7.57. The fraction of sp³-hybridized carbons (Fsp3) is 0.115. The summed E-state index contributed by atoms with van der Waals surface area (Å²) >= 11 is 0. The first-order valence-electron chi connectivity index (χ1n) is 9.81. The predicted molar refractivity (Wildman–Crippen MR) is 123 cm³/mol. The van der Waals surface area contributed by atoms with E-state index in [1.807, 2.05) is 67.6 Å². The number of hydrogen-bond acceptors (Lipinski definition) is 4. The van der Waals surface area contributed by atoms with Crippen LogP contribution in [0.5, 0.6) is 5.75 Å². The third-order valence-corrected chi connectivity index (χ3v) is 4.75. The van der Waals surface area contributed by atoms with Crippen molar-refractivity contribution in [2.24, 2.45) is 0 Å². The van der Waals surface area contributed by atoms with Gasteiger partial charge in [-0.05, 0) is 37.1 Å². The maximum atomic E-state index is 13.0. The van der Waals surface area contributed by atoms with Crippen molar-refractivity contribution in [1.29, 1.82) is 0 Å². The lowest BCUT2D eigenvalue weighted by Gasteiger charge is -2.21. The van der Waals surface area contributed by atoms with Crippen molar-refractivity contribution < 1.29 is 14.6 Å². The van der Waals surface area contributed by atoms with E-state index in [0.717, 1.165) is 11.3 Å². The van der Waals surface area contributed by atoms with Gasteiger partial charge in [-0.15, -0.1) is 0 Å². The summed E-state index contributed by atoms with van der Waals surface area (Å²) in [5.41, 5.74) is 4.26. The molecule has 0 heterocycles. The Morgan fingerprint density at radius 1 is 1.10 bits per heavy atom. The lowest BCUT2D eigenvalue weighted by atomic mass is 9.88. The number of esters is 1. The molecule has 0 bridgehead atoms. The van der Waals surface area contributed by atoms with Crippen LogP contribution in [-0.2, 0) is 4.74 Å². The quantitative estimate of drug-likeness (QED) is 0.271. The molecule has 0 spiro atoms. The van der Waals surface area contributed by atoms with Crippen LogP contribution >= 0.6 is 0 Å². The highest BCUT2D eigenvalue weighted by molar-refractivity contribution is 6.05. The normalized spacial score (nSPS) is 10.7. The number of nitrogens with one attached hydrogen (secondary N) is 1. The van der Waals surface area contributed by atoms with Crippen LogP contribution in [0.25, 0.3) is 17.2 Å². The van der Waals surface area contributed by atoms with E-state index >= 15 is 0 Å². The number of carbonyl (C=O) groups excluding carboxylic acids is 1.